The summed E-state index contributed by atoms with van der Waals surface area (Å²) in [6.45, 7) is 0. The van der Waals surface area contributed by atoms with Crippen LogP contribution in [-0.2, 0) is 12.4 Å². The zero-order valence-electron chi connectivity index (χ0n) is 9.23. The summed E-state index contributed by atoms with van der Waals surface area (Å²) in [6, 6.07) is 0.440. The number of hydrogen-bond acceptors (Lipinski definition) is 2. The molecule has 108 valence electrons. The number of halogens is 6. The quantitative estimate of drug-likeness (QED) is 0.794. The number of nitrogens with zero attached hydrogens (tertiary/aromatic N) is 1. The van der Waals surface area contributed by atoms with Crippen molar-refractivity contribution in [1.29, 1.82) is 0 Å². The molecule has 20 heavy (non-hydrogen) atoms. The van der Waals surface area contributed by atoms with Crippen LogP contribution in [-0.4, -0.2) is 21.0 Å². The lowest BCUT2D eigenvalue weighted by atomic mass is 10.1. The molecule has 0 fully saturated rings. The second-order valence-corrected chi connectivity index (χ2v) is 3.80. The molecule has 10 heteroatoms. The number of pyridine rings is 1. The van der Waals surface area contributed by atoms with Crippen molar-refractivity contribution >= 4 is 17.0 Å². The summed E-state index contributed by atoms with van der Waals surface area (Å²) < 4.78 is 75.7. The maximum atomic E-state index is 12.7. The highest BCUT2D eigenvalue weighted by Crippen LogP contribution is 2.38. The number of alkyl halides is 6. The highest BCUT2D eigenvalue weighted by molar-refractivity contribution is 5.94. The third-order valence-corrected chi connectivity index (χ3v) is 2.43. The number of aromatic nitrogens is 2. The van der Waals surface area contributed by atoms with E-state index in [1.165, 1.54) is 0 Å². The van der Waals surface area contributed by atoms with Gasteiger partial charge in [-0.15, -0.1) is 0 Å². The molecule has 0 aliphatic carbocycles. The SMILES string of the molecule is O=C(O)c1cc2c(C(F)(F)F)cc(C(F)(F)F)nc2[nH]1. The highest BCUT2D eigenvalue weighted by Gasteiger charge is 2.39. The minimum Gasteiger partial charge on any atom is -0.477 e. The Bertz CT molecular complexity index is 685. The number of hydrogen-bond donors (Lipinski definition) is 2. The van der Waals surface area contributed by atoms with E-state index in [0.717, 1.165) is 0 Å². The van der Waals surface area contributed by atoms with Crippen LogP contribution < -0.4 is 0 Å². The van der Waals surface area contributed by atoms with Gasteiger partial charge in [0, 0.05) is 5.39 Å². The molecule has 0 aromatic carbocycles. The fourth-order valence-corrected chi connectivity index (χ4v) is 1.60. The van der Waals surface area contributed by atoms with Gasteiger partial charge in [-0.2, -0.15) is 26.3 Å². The topological polar surface area (TPSA) is 66.0 Å². The molecule has 0 unspecified atom stereocenters. The number of aromatic carboxylic acids is 1. The number of nitrogens with one attached hydrogen (secondary N) is 1. The molecule has 0 amide bonds. The summed E-state index contributed by atoms with van der Waals surface area (Å²) in [6.07, 6.45) is -10.2. The minimum atomic E-state index is -5.08. The molecule has 0 bridgehead atoms. The Morgan fingerprint density at radius 1 is 1.10 bits per heavy atom. The van der Waals surface area contributed by atoms with Crippen molar-refractivity contribution in [2.24, 2.45) is 0 Å². The maximum Gasteiger partial charge on any atom is 0.433 e. The summed E-state index contributed by atoms with van der Waals surface area (Å²) in [5, 5.41) is 7.91. The van der Waals surface area contributed by atoms with Gasteiger partial charge in [0.05, 0.1) is 5.56 Å². The fourth-order valence-electron chi connectivity index (χ4n) is 1.60. The third-order valence-electron chi connectivity index (χ3n) is 2.43. The number of carboxylic acids is 1. The molecule has 2 aromatic rings. The first-order chi connectivity index (χ1) is 9.00. The number of fused-ring (bicyclic) bond motifs is 1. The molecular formula is C10H4F6N2O2. The molecule has 0 aliphatic rings. The van der Waals surface area contributed by atoms with Crippen LogP contribution in [0.15, 0.2) is 12.1 Å². The van der Waals surface area contributed by atoms with Gasteiger partial charge < -0.3 is 10.1 Å². The first-order valence-corrected chi connectivity index (χ1v) is 4.91. The van der Waals surface area contributed by atoms with Crippen LogP contribution in [0.1, 0.15) is 21.7 Å². The van der Waals surface area contributed by atoms with Crippen LogP contribution in [0.2, 0.25) is 0 Å². The van der Waals surface area contributed by atoms with Crippen LogP contribution >= 0.6 is 0 Å². The Balaban J connectivity index is 2.82. The molecule has 0 spiro atoms. The smallest absolute Gasteiger partial charge is 0.433 e. The van der Waals surface area contributed by atoms with Gasteiger partial charge in [0.1, 0.15) is 17.0 Å². The Labute approximate surface area is 106 Å². The molecule has 2 aromatic heterocycles. The van der Waals surface area contributed by atoms with E-state index >= 15 is 0 Å². The van der Waals surface area contributed by atoms with Gasteiger partial charge in [0.15, 0.2) is 0 Å². The molecule has 0 saturated carbocycles. The monoisotopic (exact) mass is 298 g/mol. The summed E-state index contributed by atoms with van der Waals surface area (Å²) in [5.41, 5.74) is -4.82. The molecule has 0 aliphatic heterocycles. The lowest BCUT2D eigenvalue weighted by molar-refractivity contribution is -0.144. The summed E-state index contributed by atoms with van der Waals surface area (Å²) in [7, 11) is 0. The Hall–Kier alpha value is -2.26. The van der Waals surface area contributed by atoms with E-state index in [4.69, 9.17) is 5.11 Å². The third kappa shape index (κ3) is 2.40. The molecule has 2 N–H and O–H groups in total. The Morgan fingerprint density at radius 3 is 2.15 bits per heavy atom. The summed E-state index contributed by atoms with van der Waals surface area (Å²) in [5.74, 6) is -1.61. The average molecular weight is 298 g/mol. The maximum absolute atomic E-state index is 12.7. The van der Waals surface area contributed by atoms with E-state index in [9.17, 15) is 31.1 Å². The van der Waals surface area contributed by atoms with Crippen LogP contribution in [0.25, 0.3) is 11.0 Å². The molecular weight excluding hydrogens is 294 g/mol. The van der Waals surface area contributed by atoms with Crippen molar-refractivity contribution in [3.63, 3.8) is 0 Å². The van der Waals surface area contributed by atoms with E-state index in [2.05, 4.69) is 4.98 Å². The Kier molecular flexibility index (Phi) is 2.91. The van der Waals surface area contributed by atoms with Crippen molar-refractivity contribution in [3.8, 4) is 0 Å². The van der Waals surface area contributed by atoms with Crippen LogP contribution in [0, 0.1) is 0 Å². The van der Waals surface area contributed by atoms with Gasteiger partial charge >= 0.3 is 18.3 Å². The zero-order chi connectivity index (χ0) is 15.3. The van der Waals surface area contributed by atoms with Crippen molar-refractivity contribution in [3.05, 3.63) is 29.1 Å². The van der Waals surface area contributed by atoms with Crippen LogP contribution in [0.3, 0.4) is 0 Å². The largest absolute Gasteiger partial charge is 0.477 e. The predicted molar refractivity (Wildman–Crippen MR) is 53.1 cm³/mol. The van der Waals surface area contributed by atoms with Crippen molar-refractivity contribution in [2.45, 2.75) is 12.4 Å². The van der Waals surface area contributed by atoms with E-state index in [0.29, 0.717) is 6.07 Å². The molecule has 2 heterocycles. The van der Waals surface area contributed by atoms with Gasteiger partial charge in [-0.25, -0.2) is 9.78 Å². The molecule has 4 nitrogen and oxygen atoms in total. The van der Waals surface area contributed by atoms with Crippen molar-refractivity contribution in [1.82, 2.24) is 9.97 Å². The van der Waals surface area contributed by atoms with Gasteiger partial charge in [-0.05, 0) is 12.1 Å². The second-order valence-electron chi connectivity index (χ2n) is 3.80. The second kappa shape index (κ2) is 4.12. The zero-order valence-corrected chi connectivity index (χ0v) is 9.23. The van der Waals surface area contributed by atoms with Crippen molar-refractivity contribution < 1.29 is 36.2 Å². The van der Waals surface area contributed by atoms with Gasteiger partial charge in [0.2, 0.25) is 0 Å². The van der Waals surface area contributed by atoms with E-state index in [1.54, 1.807) is 0 Å². The van der Waals surface area contributed by atoms with E-state index < -0.39 is 46.3 Å². The number of carboxylic acid groups (broad SMARTS) is 1. The lowest BCUT2D eigenvalue weighted by Crippen LogP contribution is -2.13. The minimum absolute atomic E-state index is 0.151. The molecule has 0 radical (unpaired) electrons. The molecule has 0 atom stereocenters. The van der Waals surface area contributed by atoms with Crippen LogP contribution in [0.5, 0.6) is 0 Å². The predicted octanol–water partition coefficient (Wildman–Crippen LogP) is 3.30. The molecule has 2 rings (SSSR count). The summed E-state index contributed by atoms with van der Waals surface area (Å²) in [4.78, 5) is 15.5. The highest BCUT2D eigenvalue weighted by atomic mass is 19.4. The van der Waals surface area contributed by atoms with Crippen LogP contribution in [0.4, 0.5) is 26.3 Å². The van der Waals surface area contributed by atoms with Gasteiger partial charge in [-0.3, -0.25) is 0 Å². The van der Waals surface area contributed by atoms with Gasteiger partial charge in [-0.1, -0.05) is 0 Å². The van der Waals surface area contributed by atoms with E-state index in [1.807, 2.05) is 4.98 Å². The lowest BCUT2D eigenvalue weighted by Gasteiger charge is -2.11. The number of rotatable bonds is 1. The first kappa shape index (κ1) is 14.2. The summed E-state index contributed by atoms with van der Waals surface area (Å²) >= 11 is 0. The number of aromatic amines is 1. The molecule has 0 saturated heterocycles. The number of H-pyrrole nitrogens is 1. The number of carbonyl (C=O) groups is 1. The fraction of sp³-hybridized carbons (Fsp3) is 0.200. The van der Waals surface area contributed by atoms with Gasteiger partial charge in [0.25, 0.3) is 0 Å². The first-order valence-electron chi connectivity index (χ1n) is 4.91. The average Bonchev–Trinajstić information content (AvgIpc) is 2.68. The standard InChI is InChI=1S/C10H4F6N2O2/c11-9(12,13)4-2-6(10(14,15)16)18-7-3(4)1-5(17-7)8(19)20/h1-2H,(H,17,18)(H,19,20). The van der Waals surface area contributed by atoms with E-state index in [-0.39, 0.29) is 6.07 Å². The normalized spacial score (nSPS) is 12.9. The Morgan fingerprint density at radius 2 is 1.70 bits per heavy atom. The van der Waals surface area contributed by atoms with Crippen molar-refractivity contribution in [2.75, 3.05) is 0 Å².